The first-order valence-corrected chi connectivity index (χ1v) is 41.5. The van der Waals surface area contributed by atoms with Crippen LogP contribution in [0.4, 0.5) is 0 Å². The van der Waals surface area contributed by atoms with Crippen LogP contribution in [-0.2, 0) is 21.7 Å². The molecule has 14 bridgehead atoms. The van der Waals surface area contributed by atoms with Crippen LogP contribution >= 0.6 is 0 Å². The van der Waals surface area contributed by atoms with E-state index in [0.717, 1.165) is 163 Å². The zero-order chi connectivity index (χ0) is 74.3. The fourth-order valence-corrected chi connectivity index (χ4v) is 22.7. The van der Waals surface area contributed by atoms with Crippen LogP contribution in [0.2, 0.25) is 0 Å². The molecule has 538 valence electrons. The Bertz CT molecular complexity index is 8260. The van der Waals surface area contributed by atoms with E-state index in [1.807, 2.05) is 15.4 Å². The molecule has 27 rings (SSSR count). The molecule has 2 aromatic heterocycles. The maximum atomic E-state index is 13.5. The van der Waals surface area contributed by atoms with Gasteiger partial charge >= 0.3 is 359 Å². The maximum Gasteiger partial charge on any atom is 2.00 e. The second-order valence-electron chi connectivity index (χ2n) is 30.4. The summed E-state index contributed by atoms with van der Waals surface area (Å²) in [7, 11) is 0. The molecule has 0 spiro atoms. The average Bonchev–Trinajstić information content (AvgIpc) is 1.55. The van der Waals surface area contributed by atoms with Crippen molar-refractivity contribution in [3.63, 3.8) is 0 Å². The molecule has 11 aliphatic rings. The van der Waals surface area contributed by atoms with Gasteiger partial charge in [-0.05, 0) is 95.5 Å². The van der Waals surface area contributed by atoms with Gasteiger partial charge in [0, 0.05) is 39.1 Å². The van der Waals surface area contributed by atoms with Crippen molar-refractivity contribution in [2.45, 2.75) is 12.3 Å². The third kappa shape index (κ3) is 9.97. The molecule has 0 radical (unpaired) electrons. The Balaban J connectivity index is 0.000000131. The van der Waals surface area contributed by atoms with Crippen LogP contribution in [0.1, 0.15) is 44.5 Å². The van der Waals surface area contributed by atoms with Crippen LogP contribution in [0.3, 0.4) is 0 Å². The van der Waals surface area contributed by atoms with Gasteiger partial charge in [-0.2, -0.15) is 0 Å². The van der Waals surface area contributed by atoms with E-state index in [4.69, 9.17) is 70.2 Å². The first kappa shape index (κ1) is 66.7. The number of fused-ring (bicyclic) bond motifs is 38. The Labute approximate surface area is 678 Å². The number of nitrogens with zero attached hydrogens (tertiary/aromatic N) is 16. The fraction of sp³-hybridized carbons (Fsp3) is 0.0417. The summed E-state index contributed by atoms with van der Waals surface area (Å²) in [5, 5.41) is 26.5. The number of hydrogen-bond acceptors (Lipinski definition) is 15. The third-order valence-electron chi connectivity index (χ3n) is 24.0. The van der Waals surface area contributed by atoms with Crippen LogP contribution < -0.4 is 47.8 Å². The topological polar surface area (TPSA) is 235 Å². The van der Waals surface area contributed by atoms with E-state index < -0.39 is 29.4 Å². The van der Waals surface area contributed by atoms with Crippen LogP contribution in [0.5, 0.6) is 0 Å². The van der Waals surface area contributed by atoms with Crippen LogP contribution in [0.25, 0.3) is 116 Å². The van der Waals surface area contributed by atoms with Gasteiger partial charge in [-0.25, -0.2) is 9.98 Å². The number of aromatic nitrogens is 2. The number of aliphatic imine (C=N–C) groups is 8. The zero-order valence-electron chi connectivity index (χ0n) is 61.1. The van der Waals surface area contributed by atoms with E-state index in [9.17, 15) is 3.90 Å². The van der Waals surface area contributed by atoms with Crippen LogP contribution in [0, 0.1) is 11.8 Å². The van der Waals surface area contributed by atoms with E-state index in [2.05, 4.69) is 283 Å². The Morgan fingerprint density at radius 2 is 0.629 bits per heavy atom. The van der Waals surface area contributed by atoms with Gasteiger partial charge in [-0.1, -0.05) is 115 Å². The summed E-state index contributed by atoms with van der Waals surface area (Å²) in [5.74, 6) is 5.50. The number of hydrogen-bond donors (Lipinski definition) is 1. The molecule has 16 aromatic rings. The van der Waals surface area contributed by atoms with Gasteiger partial charge in [0.05, 0.1) is 23.7 Å². The molecule has 11 heterocycles. The van der Waals surface area contributed by atoms with E-state index in [1.165, 1.54) is 0 Å². The summed E-state index contributed by atoms with van der Waals surface area (Å²) >= 11 is -4.07. The normalized spacial score (nSPS) is 18.7. The molecule has 9 aliphatic heterocycles. The zero-order valence-corrected chi connectivity index (χ0v) is 65.1. The van der Waals surface area contributed by atoms with Gasteiger partial charge in [0.1, 0.15) is 0 Å². The Morgan fingerprint density at radius 1 is 0.310 bits per heavy atom. The summed E-state index contributed by atoms with van der Waals surface area (Å²) in [6.07, 6.45) is 7.95. The monoisotopic (exact) mass is 1580 g/mol. The molecular weight excluding hydrogens is 1530 g/mol. The van der Waals surface area contributed by atoms with Crippen molar-refractivity contribution >= 4 is 174 Å². The summed E-state index contributed by atoms with van der Waals surface area (Å²) in [5.41, 5.74) is 11.6. The standard InChI is InChI=1S/2C48H26N8.Ga.2H2O.Ti/c2*1-2-10-26-18-34-33(17-25(26)9-1)41-49-42(34)54-44-37-21-29-13-5-6-14-30(29)22-38(37)46(51-44)56-48-40-24-32-16-8-7-15-31(32)23-39(40)47(52-48)55-45-36-20-28-12-4-3-11-27(28)19-35(36)43(50-45)53-41;;;;/h2*1-24,33,41H;;2*1H2;/q2*-2;+3;;;+2/p-2. The van der Waals surface area contributed by atoms with Crippen molar-refractivity contribution in [1.82, 2.24) is 11.9 Å². The van der Waals surface area contributed by atoms with E-state index >= 15 is 0 Å². The molecule has 116 heavy (non-hydrogen) atoms. The summed E-state index contributed by atoms with van der Waals surface area (Å²) in [6.45, 7) is 0. The van der Waals surface area contributed by atoms with Crippen LogP contribution in [-0.4, -0.2) is 92.3 Å². The van der Waals surface area contributed by atoms with Gasteiger partial charge in [0.25, 0.3) is 0 Å². The second kappa shape index (κ2) is 25.1. The average molecular weight is 1580 g/mol. The summed E-state index contributed by atoms with van der Waals surface area (Å²) in [4.78, 5) is 69.2. The Morgan fingerprint density at radius 3 is 1.05 bits per heavy atom. The number of benzene rings is 14. The molecule has 0 saturated carbocycles. The quantitative estimate of drug-likeness (QED) is 0.146. The summed E-state index contributed by atoms with van der Waals surface area (Å²) in [6, 6.07) is 92.9. The SMILES string of the molecule is C1=c2ccccc2=CC2C1=C1N=C3N=C(N=c4[n-]c(c5cc6ccccc6cc45)=NC4=NC(=NC2[N-]1)c1cc2ccccc2cc14)c1cc2ccccc2cc13.[OH-].[OH][Ga]1[N]2C3=C4C=c5ccccc5=CC4C2N=C2N=C(N=c4c5cc6ccccc6cc5c([n]41)=NC1=NC(=N3)c3cc4ccccc4cc31)c1cc3ccccc3cc12.[Ti+2]. The fourth-order valence-electron chi connectivity index (χ4n) is 18.5. The molecule has 4 unspecified atom stereocenters. The molecule has 4 atom stereocenters. The van der Waals surface area contributed by atoms with Crippen molar-refractivity contribution < 1.29 is 31.1 Å². The maximum absolute atomic E-state index is 13.5. The predicted molar refractivity (Wildman–Crippen MR) is 455 cm³/mol. The van der Waals surface area contributed by atoms with Gasteiger partial charge in [-0.3, -0.25) is 4.99 Å². The minimum absolute atomic E-state index is 0. The van der Waals surface area contributed by atoms with Crippen molar-refractivity contribution in [2.75, 3.05) is 0 Å². The minimum atomic E-state index is -4.07. The molecule has 0 amide bonds. The largest absolute Gasteiger partial charge is 2.00 e. The Hall–Kier alpha value is -13.9. The van der Waals surface area contributed by atoms with Crippen LogP contribution in [0.15, 0.2) is 350 Å². The van der Waals surface area contributed by atoms with Gasteiger partial charge < -0.3 is 30.8 Å². The van der Waals surface area contributed by atoms with Gasteiger partial charge in [-0.15, -0.1) is 0 Å². The molecule has 0 fully saturated rings. The predicted octanol–water partition coefficient (Wildman–Crippen LogP) is 11.9. The smallest absolute Gasteiger partial charge is 2.00 e. The molecule has 20 heteroatoms. The first-order chi connectivity index (χ1) is 56.3. The van der Waals surface area contributed by atoms with E-state index in [-0.39, 0.29) is 39.0 Å². The van der Waals surface area contributed by atoms with Gasteiger partial charge in [0.2, 0.25) is 0 Å². The molecule has 2 N–H and O–H groups in total. The third-order valence-corrected chi connectivity index (χ3v) is 28.2. The number of amidine groups is 8. The van der Waals surface area contributed by atoms with E-state index in [0.29, 0.717) is 80.3 Å². The first-order valence-electron chi connectivity index (χ1n) is 38.3. The summed E-state index contributed by atoms with van der Waals surface area (Å²) < 4.78 is 17.7. The molecule has 0 saturated heterocycles. The van der Waals surface area contributed by atoms with Crippen molar-refractivity contribution in [3.8, 4) is 0 Å². The molecule has 18 nitrogen and oxygen atoms in total. The molecule has 14 aromatic carbocycles. The number of rotatable bonds is 0. The molecule has 2 aliphatic carbocycles. The van der Waals surface area contributed by atoms with Gasteiger partial charge in [0.15, 0.2) is 5.84 Å². The van der Waals surface area contributed by atoms with Crippen molar-refractivity contribution in [3.05, 3.63) is 382 Å². The minimum Gasteiger partial charge on any atom is 2.00 e. The Kier molecular flexibility index (Phi) is 14.4. The van der Waals surface area contributed by atoms with Crippen molar-refractivity contribution in [2.24, 2.45) is 71.7 Å². The second-order valence-corrected chi connectivity index (χ2v) is 34.1. The van der Waals surface area contributed by atoms with E-state index in [1.54, 1.807) is 0 Å². The van der Waals surface area contributed by atoms with Crippen molar-refractivity contribution in [1.29, 1.82) is 0 Å². The molecular formula is C96H54GaN16O2Ti-.